The highest BCUT2D eigenvalue weighted by atomic mass is 16.2. The van der Waals surface area contributed by atoms with E-state index in [4.69, 9.17) is 0 Å². The molecule has 0 unspecified atom stereocenters. The van der Waals surface area contributed by atoms with Crippen LogP contribution in [0.2, 0.25) is 0 Å². The summed E-state index contributed by atoms with van der Waals surface area (Å²) < 4.78 is 1.96. The van der Waals surface area contributed by atoms with Gasteiger partial charge in [-0.1, -0.05) is 30.3 Å². The normalized spacial score (nSPS) is 17.2. The molecule has 1 saturated heterocycles. The van der Waals surface area contributed by atoms with E-state index < -0.39 is 0 Å². The number of carbonyl (C=O) groups is 1. The molecule has 5 rings (SSSR count). The third kappa shape index (κ3) is 2.34. The molecule has 1 fully saturated rings. The Hall–Kier alpha value is -3.28. The van der Waals surface area contributed by atoms with Gasteiger partial charge in [0.25, 0.3) is 5.91 Å². The molecule has 6 nitrogen and oxygen atoms in total. The largest absolute Gasteiger partial charge is 0.327 e. The minimum Gasteiger partial charge on any atom is -0.327 e. The van der Waals surface area contributed by atoms with Gasteiger partial charge in [0, 0.05) is 18.1 Å². The van der Waals surface area contributed by atoms with Crippen LogP contribution in [0.5, 0.6) is 0 Å². The summed E-state index contributed by atoms with van der Waals surface area (Å²) in [4.78, 5) is 19.6. The molecule has 1 atom stereocenters. The van der Waals surface area contributed by atoms with E-state index in [0.29, 0.717) is 12.2 Å². The lowest BCUT2D eigenvalue weighted by Gasteiger charge is -2.23. The topological polar surface area (TPSA) is 63.4 Å². The van der Waals surface area contributed by atoms with E-state index in [1.165, 1.54) is 0 Å². The van der Waals surface area contributed by atoms with Crippen LogP contribution in [0.3, 0.4) is 0 Å². The van der Waals surface area contributed by atoms with Crippen LogP contribution in [-0.2, 0) is 0 Å². The van der Waals surface area contributed by atoms with E-state index >= 15 is 0 Å². The Morgan fingerprint density at radius 2 is 1.88 bits per heavy atom. The summed E-state index contributed by atoms with van der Waals surface area (Å²) in [6.07, 6.45) is 3.78. The van der Waals surface area contributed by atoms with Crippen molar-refractivity contribution in [1.29, 1.82) is 0 Å². The van der Waals surface area contributed by atoms with Crippen molar-refractivity contribution >= 4 is 22.5 Å². The van der Waals surface area contributed by atoms with Crippen molar-refractivity contribution in [3.8, 4) is 0 Å². The molecule has 4 aromatic rings. The zero-order chi connectivity index (χ0) is 17.5. The van der Waals surface area contributed by atoms with Gasteiger partial charge in [-0.2, -0.15) is 0 Å². The molecule has 0 radical (unpaired) electrons. The standard InChI is InChI=1S/C20H17N5O/c26-20(16-11-10-14-6-1-2-7-15(14)21-16)24-13-5-8-17(24)19-23-22-18-9-3-4-12-25(18)19/h1-4,6-7,9-12,17H,5,8,13H2/t17-/m1/s1. The Bertz CT molecular complexity index is 1120. The molecule has 0 spiro atoms. The molecule has 3 aromatic heterocycles. The summed E-state index contributed by atoms with van der Waals surface area (Å²) in [5.41, 5.74) is 2.11. The first kappa shape index (κ1) is 15.0. The summed E-state index contributed by atoms with van der Waals surface area (Å²) in [7, 11) is 0. The fraction of sp³-hybridized carbons (Fsp3) is 0.200. The Morgan fingerprint density at radius 1 is 1.00 bits per heavy atom. The van der Waals surface area contributed by atoms with Crippen LogP contribution in [0.4, 0.5) is 0 Å². The molecule has 1 aromatic carbocycles. The third-order valence-electron chi connectivity index (χ3n) is 4.97. The first-order chi connectivity index (χ1) is 12.8. The van der Waals surface area contributed by atoms with Crippen molar-refractivity contribution < 1.29 is 4.79 Å². The molecule has 1 amide bonds. The lowest BCUT2D eigenvalue weighted by molar-refractivity contribution is 0.0723. The van der Waals surface area contributed by atoms with Gasteiger partial charge in [0.1, 0.15) is 5.69 Å². The summed E-state index contributed by atoms with van der Waals surface area (Å²) in [5.74, 6) is 0.762. The predicted molar refractivity (Wildman–Crippen MR) is 97.7 cm³/mol. The maximum atomic E-state index is 13.1. The van der Waals surface area contributed by atoms with Crippen LogP contribution in [0.15, 0.2) is 60.8 Å². The maximum absolute atomic E-state index is 13.1. The third-order valence-corrected chi connectivity index (χ3v) is 4.97. The number of hydrogen-bond donors (Lipinski definition) is 0. The Balaban J connectivity index is 1.52. The average molecular weight is 343 g/mol. The van der Waals surface area contributed by atoms with E-state index in [1.54, 1.807) is 0 Å². The zero-order valence-electron chi connectivity index (χ0n) is 14.1. The van der Waals surface area contributed by atoms with Crippen LogP contribution in [-0.4, -0.2) is 36.9 Å². The van der Waals surface area contributed by atoms with Crippen molar-refractivity contribution in [3.05, 3.63) is 72.3 Å². The Labute approximate surface area is 150 Å². The highest BCUT2D eigenvalue weighted by Gasteiger charge is 2.34. The lowest BCUT2D eigenvalue weighted by atomic mass is 10.1. The van der Waals surface area contributed by atoms with Crippen LogP contribution in [0, 0.1) is 0 Å². The molecule has 0 aliphatic carbocycles. The molecular formula is C20H17N5O. The van der Waals surface area contributed by atoms with Crippen LogP contribution in [0.25, 0.3) is 16.6 Å². The molecule has 0 bridgehead atoms. The molecule has 1 aliphatic rings. The minimum atomic E-state index is -0.0758. The van der Waals surface area contributed by atoms with Crippen molar-refractivity contribution in [2.45, 2.75) is 18.9 Å². The number of para-hydroxylation sites is 1. The molecule has 4 heterocycles. The van der Waals surface area contributed by atoms with E-state index in [9.17, 15) is 4.79 Å². The number of rotatable bonds is 2. The first-order valence-corrected chi connectivity index (χ1v) is 8.78. The van der Waals surface area contributed by atoms with E-state index in [1.807, 2.05) is 70.1 Å². The number of hydrogen-bond acceptors (Lipinski definition) is 4. The Morgan fingerprint density at radius 3 is 2.85 bits per heavy atom. The van der Waals surface area contributed by atoms with Gasteiger partial charge >= 0.3 is 0 Å². The first-order valence-electron chi connectivity index (χ1n) is 8.78. The maximum Gasteiger partial charge on any atom is 0.273 e. The van der Waals surface area contributed by atoms with E-state index in [0.717, 1.165) is 35.2 Å². The summed E-state index contributed by atoms with van der Waals surface area (Å²) in [5, 5.41) is 9.62. The van der Waals surface area contributed by atoms with Gasteiger partial charge in [-0.05, 0) is 37.1 Å². The van der Waals surface area contributed by atoms with Crippen molar-refractivity contribution in [2.24, 2.45) is 0 Å². The fourth-order valence-electron chi connectivity index (χ4n) is 3.70. The van der Waals surface area contributed by atoms with Crippen LogP contribution in [0.1, 0.15) is 35.2 Å². The van der Waals surface area contributed by atoms with Gasteiger partial charge < -0.3 is 4.90 Å². The van der Waals surface area contributed by atoms with Crippen LogP contribution < -0.4 is 0 Å². The van der Waals surface area contributed by atoms with Crippen LogP contribution >= 0.6 is 0 Å². The number of nitrogens with zero attached hydrogens (tertiary/aromatic N) is 5. The molecule has 6 heteroatoms. The second-order valence-electron chi connectivity index (χ2n) is 6.53. The second kappa shape index (κ2) is 5.91. The zero-order valence-corrected chi connectivity index (χ0v) is 14.1. The quantitative estimate of drug-likeness (QED) is 0.560. The SMILES string of the molecule is O=C(c1ccc2ccccc2n1)N1CCC[C@@H]1c1nnc2ccccn12. The molecule has 0 N–H and O–H groups in total. The lowest BCUT2D eigenvalue weighted by Crippen LogP contribution is -2.32. The van der Waals surface area contributed by atoms with Gasteiger partial charge in [0.2, 0.25) is 0 Å². The molecule has 128 valence electrons. The van der Waals surface area contributed by atoms with Gasteiger partial charge in [0.15, 0.2) is 11.5 Å². The van der Waals surface area contributed by atoms with Gasteiger partial charge in [-0.15, -0.1) is 10.2 Å². The van der Waals surface area contributed by atoms with Gasteiger partial charge in [0.05, 0.1) is 11.6 Å². The summed E-state index contributed by atoms with van der Waals surface area (Å²) >= 11 is 0. The second-order valence-corrected chi connectivity index (χ2v) is 6.53. The number of amides is 1. The minimum absolute atomic E-state index is 0.0501. The number of benzene rings is 1. The predicted octanol–water partition coefficient (Wildman–Crippen LogP) is 3.25. The molecule has 1 aliphatic heterocycles. The van der Waals surface area contributed by atoms with Gasteiger partial charge in [-0.3, -0.25) is 9.20 Å². The van der Waals surface area contributed by atoms with Crippen molar-refractivity contribution in [1.82, 2.24) is 24.5 Å². The fourth-order valence-corrected chi connectivity index (χ4v) is 3.70. The smallest absolute Gasteiger partial charge is 0.273 e. The van der Waals surface area contributed by atoms with E-state index in [-0.39, 0.29) is 11.9 Å². The Kier molecular flexibility index (Phi) is 3.41. The van der Waals surface area contributed by atoms with Gasteiger partial charge in [-0.25, -0.2) is 4.98 Å². The highest BCUT2D eigenvalue weighted by Crippen LogP contribution is 2.32. The number of carbonyl (C=O) groups excluding carboxylic acids is 1. The van der Waals surface area contributed by atoms with E-state index in [2.05, 4.69) is 15.2 Å². The van der Waals surface area contributed by atoms with Crippen molar-refractivity contribution in [3.63, 3.8) is 0 Å². The highest BCUT2D eigenvalue weighted by molar-refractivity contribution is 5.95. The molecule has 0 saturated carbocycles. The summed E-state index contributed by atoms with van der Waals surface area (Å²) in [6, 6.07) is 17.3. The summed E-state index contributed by atoms with van der Waals surface area (Å²) in [6.45, 7) is 0.708. The van der Waals surface area contributed by atoms with Crippen molar-refractivity contribution in [2.75, 3.05) is 6.54 Å². The average Bonchev–Trinajstić information content (AvgIpc) is 3.33. The monoisotopic (exact) mass is 343 g/mol. The number of aromatic nitrogens is 4. The number of likely N-dealkylation sites (tertiary alicyclic amines) is 1. The molecule has 26 heavy (non-hydrogen) atoms. The molecular weight excluding hydrogens is 326 g/mol. The number of pyridine rings is 2. The number of fused-ring (bicyclic) bond motifs is 2.